The molecule has 1 saturated heterocycles. The number of fused-ring (bicyclic) bond motifs is 1. The minimum atomic E-state index is -3.64. The molecule has 158 valence electrons. The molecule has 0 saturated carbocycles. The van der Waals surface area contributed by atoms with Gasteiger partial charge in [0.1, 0.15) is 0 Å². The zero-order valence-corrected chi connectivity index (χ0v) is 18.5. The topological polar surface area (TPSA) is 97.4 Å². The molecule has 1 atom stereocenters. The fourth-order valence-corrected chi connectivity index (χ4v) is 6.06. The van der Waals surface area contributed by atoms with Crippen LogP contribution in [-0.4, -0.2) is 44.3 Å². The van der Waals surface area contributed by atoms with Crippen molar-refractivity contribution in [1.82, 2.24) is 10.3 Å². The van der Waals surface area contributed by atoms with E-state index in [9.17, 15) is 13.2 Å². The number of carbonyl (C=O) groups is 1. The summed E-state index contributed by atoms with van der Waals surface area (Å²) in [6.45, 7) is 1.31. The minimum absolute atomic E-state index is 0.0499. The Morgan fingerprint density at radius 3 is 2.83 bits per heavy atom. The molecule has 0 bridgehead atoms. The van der Waals surface area contributed by atoms with Crippen LogP contribution in [0.25, 0.3) is 10.2 Å². The van der Waals surface area contributed by atoms with Crippen molar-refractivity contribution in [3.63, 3.8) is 0 Å². The smallest absolute Gasteiger partial charge is 0.261 e. The van der Waals surface area contributed by atoms with Crippen molar-refractivity contribution in [2.24, 2.45) is 0 Å². The van der Waals surface area contributed by atoms with Gasteiger partial charge in [0.15, 0.2) is 4.34 Å². The van der Waals surface area contributed by atoms with Crippen LogP contribution in [0.3, 0.4) is 0 Å². The molecule has 4 rings (SSSR count). The van der Waals surface area contributed by atoms with E-state index in [1.807, 2.05) is 0 Å². The van der Waals surface area contributed by atoms with E-state index in [2.05, 4.69) is 15.0 Å². The van der Waals surface area contributed by atoms with Crippen LogP contribution in [0, 0.1) is 0 Å². The van der Waals surface area contributed by atoms with Gasteiger partial charge in [-0.25, -0.2) is 13.4 Å². The van der Waals surface area contributed by atoms with Crippen molar-refractivity contribution in [1.29, 1.82) is 0 Å². The van der Waals surface area contributed by atoms with Crippen LogP contribution in [0.5, 0.6) is 0 Å². The van der Waals surface area contributed by atoms with Crippen LogP contribution in [0.4, 0.5) is 5.69 Å². The molecule has 0 unspecified atom stereocenters. The van der Waals surface area contributed by atoms with Crippen LogP contribution in [0.15, 0.2) is 57.8 Å². The molecule has 30 heavy (non-hydrogen) atoms. The summed E-state index contributed by atoms with van der Waals surface area (Å²) < 4.78 is 34.7. The Kier molecular flexibility index (Phi) is 6.57. The number of hydrogen-bond donors (Lipinski definition) is 2. The molecule has 0 aliphatic carbocycles. The number of thiazole rings is 1. The quantitative estimate of drug-likeness (QED) is 0.497. The van der Waals surface area contributed by atoms with Crippen LogP contribution in [0.1, 0.15) is 12.8 Å². The Labute approximate surface area is 183 Å². The van der Waals surface area contributed by atoms with Crippen molar-refractivity contribution in [3.05, 3.63) is 48.5 Å². The van der Waals surface area contributed by atoms with Crippen molar-refractivity contribution < 1.29 is 17.9 Å². The second-order valence-corrected chi connectivity index (χ2v) is 10.7. The molecule has 1 aliphatic heterocycles. The van der Waals surface area contributed by atoms with Gasteiger partial charge in [0.25, 0.3) is 10.0 Å². The number of nitrogens with one attached hydrogen (secondary N) is 2. The van der Waals surface area contributed by atoms with Crippen LogP contribution in [-0.2, 0) is 19.6 Å². The average Bonchev–Trinajstić information content (AvgIpc) is 3.40. The van der Waals surface area contributed by atoms with Crippen LogP contribution < -0.4 is 10.0 Å². The van der Waals surface area contributed by atoms with Gasteiger partial charge in [0.2, 0.25) is 5.91 Å². The Hall–Kier alpha value is -2.14. The normalized spacial score (nSPS) is 16.6. The zero-order valence-electron chi connectivity index (χ0n) is 16.0. The highest BCUT2D eigenvalue weighted by atomic mass is 32.2. The van der Waals surface area contributed by atoms with Crippen LogP contribution in [0.2, 0.25) is 0 Å². The molecule has 1 aliphatic rings. The lowest BCUT2D eigenvalue weighted by molar-refractivity contribution is -0.119. The highest BCUT2D eigenvalue weighted by Gasteiger charge is 2.17. The highest BCUT2D eigenvalue weighted by Crippen LogP contribution is 2.31. The Bertz CT molecular complexity index is 1130. The number of amides is 1. The molecular weight excluding hydrogens is 442 g/mol. The summed E-state index contributed by atoms with van der Waals surface area (Å²) in [4.78, 5) is 16.8. The minimum Gasteiger partial charge on any atom is -0.376 e. The molecule has 2 aromatic carbocycles. The third kappa shape index (κ3) is 5.31. The van der Waals surface area contributed by atoms with Gasteiger partial charge in [0, 0.05) is 13.2 Å². The molecule has 1 amide bonds. The highest BCUT2D eigenvalue weighted by molar-refractivity contribution is 8.01. The van der Waals surface area contributed by atoms with Gasteiger partial charge in [-0.2, -0.15) is 0 Å². The van der Waals surface area contributed by atoms with Gasteiger partial charge >= 0.3 is 0 Å². The van der Waals surface area contributed by atoms with Gasteiger partial charge in [-0.3, -0.25) is 9.52 Å². The number of hydrogen-bond acceptors (Lipinski definition) is 7. The Morgan fingerprint density at radius 1 is 1.23 bits per heavy atom. The van der Waals surface area contributed by atoms with E-state index in [1.165, 1.54) is 23.1 Å². The SMILES string of the molecule is O=C(CSc1nc2ccc(NS(=O)(=O)c3ccccc3)cc2s1)NC[C@H]1CCCO1. The number of ether oxygens (including phenoxy) is 1. The van der Waals surface area contributed by atoms with Gasteiger partial charge in [-0.05, 0) is 43.2 Å². The van der Waals surface area contributed by atoms with Gasteiger partial charge in [-0.15, -0.1) is 11.3 Å². The number of thioether (sulfide) groups is 1. The molecule has 0 radical (unpaired) electrons. The Morgan fingerprint density at radius 2 is 2.07 bits per heavy atom. The number of rotatable bonds is 8. The van der Waals surface area contributed by atoms with E-state index in [0.29, 0.717) is 12.2 Å². The predicted molar refractivity (Wildman–Crippen MR) is 120 cm³/mol. The summed E-state index contributed by atoms with van der Waals surface area (Å²) in [6, 6.07) is 13.4. The summed E-state index contributed by atoms with van der Waals surface area (Å²) in [5.74, 6) is 0.228. The van der Waals surface area contributed by atoms with E-state index in [4.69, 9.17) is 4.74 Å². The molecule has 7 nitrogen and oxygen atoms in total. The van der Waals surface area contributed by atoms with Crippen molar-refractivity contribution in [3.8, 4) is 0 Å². The zero-order chi connectivity index (χ0) is 21.0. The van der Waals surface area contributed by atoms with Crippen molar-refractivity contribution in [2.75, 3.05) is 23.6 Å². The van der Waals surface area contributed by atoms with E-state index < -0.39 is 10.0 Å². The molecule has 10 heteroatoms. The number of sulfonamides is 1. The fourth-order valence-electron chi connectivity index (χ4n) is 3.05. The maximum absolute atomic E-state index is 12.5. The molecular formula is C20H21N3O4S3. The molecule has 2 N–H and O–H groups in total. The summed E-state index contributed by atoms with van der Waals surface area (Å²) >= 11 is 2.80. The number of benzene rings is 2. The number of nitrogens with zero attached hydrogens (tertiary/aromatic N) is 1. The average molecular weight is 464 g/mol. The molecule has 2 heterocycles. The number of aromatic nitrogens is 1. The largest absolute Gasteiger partial charge is 0.376 e. The molecule has 1 fully saturated rings. The van der Waals surface area contributed by atoms with E-state index in [-0.39, 0.29) is 22.7 Å². The van der Waals surface area contributed by atoms with E-state index in [0.717, 1.165) is 34.0 Å². The lowest BCUT2D eigenvalue weighted by atomic mass is 10.2. The first-order valence-corrected chi connectivity index (χ1v) is 12.8. The summed E-state index contributed by atoms with van der Waals surface area (Å²) in [6.07, 6.45) is 2.16. The van der Waals surface area contributed by atoms with Crippen molar-refractivity contribution >= 4 is 54.9 Å². The lowest BCUT2D eigenvalue weighted by Crippen LogP contribution is -2.32. The first kappa shape index (κ1) is 21.1. The molecule has 3 aromatic rings. The summed E-state index contributed by atoms with van der Waals surface area (Å²) in [5.41, 5.74) is 1.24. The first-order valence-electron chi connectivity index (χ1n) is 9.49. The standard InChI is InChI=1S/C20H21N3O4S3/c24-19(21-12-15-5-4-10-27-15)13-28-20-22-17-9-8-14(11-18(17)29-20)23-30(25,26)16-6-2-1-3-7-16/h1-3,6-9,11,15,23H,4-5,10,12-13H2,(H,21,24)/t15-/m1/s1. The van der Waals surface area contributed by atoms with Gasteiger partial charge in [-0.1, -0.05) is 30.0 Å². The molecule has 0 spiro atoms. The monoisotopic (exact) mass is 463 g/mol. The van der Waals surface area contributed by atoms with E-state index >= 15 is 0 Å². The maximum atomic E-state index is 12.5. The number of anilines is 1. The van der Waals surface area contributed by atoms with Crippen LogP contribution >= 0.6 is 23.1 Å². The number of carbonyl (C=O) groups excluding carboxylic acids is 1. The predicted octanol–water partition coefficient (Wildman–Crippen LogP) is 3.48. The summed E-state index contributed by atoms with van der Waals surface area (Å²) in [7, 11) is -3.64. The fraction of sp³-hybridized carbons (Fsp3) is 0.300. The first-order chi connectivity index (χ1) is 14.5. The third-order valence-electron chi connectivity index (χ3n) is 4.55. The van der Waals surface area contributed by atoms with Gasteiger partial charge < -0.3 is 10.1 Å². The van der Waals surface area contributed by atoms with E-state index in [1.54, 1.807) is 48.5 Å². The van der Waals surface area contributed by atoms with Gasteiger partial charge in [0.05, 0.1) is 32.7 Å². The maximum Gasteiger partial charge on any atom is 0.261 e. The molecule has 1 aromatic heterocycles. The Balaban J connectivity index is 1.37. The lowest BCUT2D eigenvalue weighted by Gasteiger charge is -2.09. The second kappa shape index (κ2) is 9.34. The second-order valence-electron chi connectivity index (χ2n) is 6.81. The third-order valence-corrected chi connectivity index (χ3v) is 8.11. The summed E-state index contributed by atoms with van der Waals surface area (Å²) in [5, 5.41) is 2.89. The van der Waals surface area contributed by atoms with Crippen molar-refractivity contribution in [2.45, 2.75) is 28.2 Å².